The highest BCUT2D eigenvalue weighted by atomic mass is 19.2. The smallest absolute Gasteiger partial charge is 0.164 e. The van der Waals surface area contributed by atoms with Gasteiger partial charge in [0, 0.05) is 5.56 Å². The minimum absolute atomic E-state index is 0.00948. The van der Waals surface area contributed by atoms with Gasteiger partial charge in [-0.1, -0.05) is 43.5 Å². The first kappa shape index (κ1) is 21.4. The van der Waals surface area contributed by atoms with E-state index in [0.29, 0.717) is 11.1 Å². The number of benzene rings is 2. The van der Waals surface area contributed by atoms with Crippen molar-refractivity contribution in [3.05, 3.63) is 70.0 Å². The van der Waals surface area contributed by atoms with Crippen LogP contribution in [0.3, 0.4) is 0 Å². The van der Waals surface area contributed by atoms with E-state index in [1.807, 2.05) is 19.1 Å². The second-order valence-electron chi connectivity index (χ2n) is 9.09. The van der Waals surface area contributed by atoms with Crippen LogP contribution in [0.1, 0.15) is 91.9 Å². The van der Waals surface area contributed by atoms with Crippen molar-refractivity contribution in [3.8, 4) is 0 Å². The number of aryl methyl sites for hydroxylation is 1. The molecule has 0 bridgehead atoms. The van der Waals surface area contributed by atoms with Crippen molar-refractivity contribution >= 4 is 0 Å². The summed E-state index contributed by atoms with van der Waals surface area (Å²) in [6.07, 6.45) is 8.57. The predicted octanol–water partition coefficient (Wildman–Crippen LogP) is 7.70. The van der Waals surface area contributed by atoms with Gasteiger partial charge in [0.05, 0.1) is 12.7 Å². The van der Waals surface area contributed by atoms with Crippen molar-refractivity contribution in [2.24, 2.45) is 0 Å². The van der Waals surface area contributed by atoms with Gasteiger partial charge >= 0.3 is 0 Å². The minimum atomic E-state index is -0.756. The molecule has 4 heteroatoms. The van der Waals surface area contributed by atoms with E-state index in [1.54, 1.807) is 18.2 Å². The summed E-state index contributed by atoms with van der Waals surface area (Å²) in [6.45, 7) is 1.98. The molecule has 2 aromatic carbocycles. The minimum Gasteiger partial charge on any atom is -0.373 e. The number of halogens is 3. The summed E-state index contributed by atoms with van der Waals surface area (Å²) in [5.41, 5.74) is 2.53. The molecule has 0 radical (unpaired) electrons. The normalized spacial score (nSPS) is 22.9. The lowest BCUT2D eigenvalue weighted by atomic mass is 9.82. The van der Waals surface area contributed by atoms with Gasteiger partial charge in [0.15, 0.2) is 11.6 Å². The zero-order chi connectivity index (χ0) is 21.1. The van der Waals surface area contributed by atoms with E-state index >= 15 is 0 Å². The van der Waals surface area contributed by atoms with Gasteiger partial charge in [-0.15, -0.1) is 0 Å². The lowest BCUT2D eigenvalue weighted by Crippen LogP contribution is -2.21. The fourth-order valence-electron chi connectivity index (χ4n) is 5.16. The van der Waals surface area contributed by atoms with Crippen LogP contribution >= 0.6 is 0 Å². The molecule has 2 aliphatic rings. The molecule has 0 heterocycles. The van der Waals surface area contributed by atoms with Gasteiger partial charge in [0.1, 0.15) is 5.82 Å². The van der Waals surface area contributed by atoms with Gasteiger partial charge in [0.2, 0.25) is 0 Å². The van der Waals surface area contributed by atoms with E-state index < -0.39 is 11.6 Å². The maximum Gasteiger partial charge on any atom is 0.164 e. The third kappa shape index (κ3) is 4.74. The quantitative estimate of drug-likeness (QED) is 0.485. The third-order valence-corrected chi connectivity index (χ3v) is 6.98. The Morgan fingerprint density at radius 2 is 1.43 bits per heavy atom. The van der Waals surface area contributed by atoms with Crippen molar-refractivity contribution in [2.45, 2.75) is 89.3 Å². The van der Waals surface area contributed by atoms with Gasteiger partial charge < -0.3 is 4.74 Å². The summed E-state index contributed by atoms with van der Waals surface area (Å²) in [7, 11) is 0. The first-order valence-electron chi connectivity index (χ1n) is 11.4. The van der Waals surface area contributed by atoms with Crippen molar-refractivity contribution in [1.29, 1.82) is 0 Å². The van der Waals surface area contributed by atoms with Crippen LogP contribution in [-0.4, -0.2) is 6.10 Å². The van der Waals surface area contributed by atoms with E-state index in [1.165, 1.54) is 6.42 Å². The first-order chi connectivity index (χ1) is 14.5. The largest absolute Gasteiger partial charge is 0.373 e. The molecule has 0 aliphatic heterocycles. The monoisotopic (exact) mass is 416 g/mol. The van der Waals surface area contributed by atoms with Crippen LogP contribution in [0.25, 0.3) is 0 Å². The van der Waals surface area contributed by atoms with Crippen LogP contribution in [0.15, 0.2) is 30.3 Å². The molecule has 1 nitrogen and oxygen atoms in total. The Labute approximate surface area is 177 Å². The molecule has 2 aliphatic carbocycles. The Balaban J connectivity index is 1.32. The molecule has 162 valence electrons. The van der Waals surface area contributed by atoms with Gasteiger partial charge in [0.25, 0.3) is 0 Å². The molecule has 0 amide bonds. The molecule has 0 N–H and O–H groups in total. The van der Waals surface area contributed by atoms with Gasteiger partial charge in [-0.2, -0.15) is 0 Å². The second kappa shape index (κ2) is 9.55. The molecule has 0 saturated heterocycles. The Bertz CT molecular complexity index is 865. The van der Waals surface area contributed by atoms with Crippen LogP contribution in [0.4, 0.5) is 13.2 Å². The topological polar surface area (TPSA) is 9.23 Å². The molecule has 2 fully saturated rings. The average Bonchev–Trinajstić information content (AvgIpc) is 2.76. The van der Waals surface area contributed by atoms with Gasteiger partial charge in [-0.05, 0) is 80.0 Å². The van der Waals surface area contributed by atoms with E-state index in [0.717, 1.165) is 62.5 Å². The molecule has 30 heavy (non-hydrogen) atoms. The van der Waals surface area contributed by atoms with Gasteiger partial charge in [-0.3, -0.25) is 0 Å². The zero-order valence-corrected chi connectivity index (χ0v) is 17.7. The fraction of sp³-hybridized carbons (Fsp3) is 0.538. The third-order valence-electron chi connectivity index (χ3n) is 6.98. The highest BCUT2D eigenvalue weighted by Gasteiger charge is 2.26. The SMILES string of the molecule is Cc1ccc(C2CCC(OCc3ccc(C4CCCCC4)c(F)c3F)CC2)c(F)c1. The molecule has 0 spiro atoms. The lowest BCUT2D eigenvalue weighted by molar-refractivity contribution is 0.0116. The zero-order valence-electron chi connectivity index (χ0n) is 17.7. The van der Waals surface area contributed by atoms with Crippen LogP contribution in [0.2, 0.25) is 0 Å². The van der Waals surface area contributed by atoms with Crippen molar-refractivity contribution in [3.63, 3.8) is 0 Å². The van der Waals surface area contributed by atoms with Crippen LogP contribution < -0.4 is 0 Å². The Kier molecular flexibility index (Phi) is 6.82. The van der Waals surface area contributed by atoms with Gasteiger partial charge in [-0.25, -0.2) is 13.2 Å². The van der Waals surface area contributed by atoms with Crippen molar-refractivity contribution in [1.82, 2.24) is 0 Å². The highest BCUT2D eigenvalue weighted by Crippen LogP contribution is 2.37. The summed E-state index contributed by atoms with van der Waals surface area (Å²) >= 11 is 0. The maximum atomic E-state index is 14.7. The molecular weight excluding hydrogens is 385 g/mol. The van der Waals surface area contributed by atoms with E-state index in [-0.39, 0.29) is 30.4 Å². The van der Waals surface area contributed by atoms with Crippen molar-refractivity contribution in [2.75, 3.05) is 0 Å². The van der Waals surface area contributed by atoms with E-state index in [9.17, 15) is 13.2 Å². The average molecular weight is 417 g/mol. The number of hydrogen-bond acceptors (Lipinski definition) is 1. The first-order valence-corrected chi connectivity index (χ1v) is 11.4. The van der Waals surface area contributed by atoms with Crippen molar-refractivity contribution < 1.29 is 17.9 Å². The molecule has 4 rings (SSSR count). The predicted molar refractivity (Wildman–Crippen MR) is 113 cm³/mol. The number of hydrogen-bond donors (Lipinski definition) is 0. The summed E-state index contributed by atoms with van der Waals surface area (Å²) in [5.74, 6) is -1.24. The highest BCUT2D eigenvalue weighted by molar-refractivity contribution is 5.29. The number of ether oxygens (including phenoxy) is 1. The second-order valence-corrected chi connectivity index (χ2v) is 9.09. The Morgan fingerprint density at radius 3 is 2.13 bits per heavy atom. The van der Waals surface area contributed by atoms with Crippen LogP contribution in [0, 0.1) is 24.4 Å². The lowest BCUT2D eigenvalue weighted by Gasteiger charge is -2.29. The molecule has 2 saturated carbocycles. The molecule has 0 atom stereocenters. The Morgan fingerprint density at radius 1 is 0.767 bits per heavy atom. The summed E-state index contributed by atoms with van der Waals surface area (Å²) in [5, 5.41) is 0. The molecular formula is C26H31F3O. The van der Waals surface area contributed by atoms with Crippen LogP contribution in [-0.2, 0) is 11.3 Å². The summed E-state index contributed by atoms with van der Waals surface area (Å²) in [4.78, 5) is 0. The Hall–Kier alpha value is -1.81. The molecule has 0 aromatic heterocycles. The summed E-state index contributed by atoms with van der Waals surface area (Å²) < 4.78 is 49.5. The number of rotatable bonds is 5. The fourth-order valence-corrected chi connectivity index (χ4v) is 5.16. The summed E-state index contributed by atoms with van der Waals surface area (Å²) in [6, 6.07) is 8.88. The van der Waals surface area contributed by atoms with E-state index in [2.05, 4.69) is 0 Å². The van der Waals surface area contributed by atoms with E-state index in [4.69, 9.17) is 4.74 Å². The van der Waals surface area contributed by atoms with Crippen LogP contribution in [0.5, 0.6) is 0 Å². The standard InChI is InChI=1S/C26H31F3O/c1-17-7-13-22(24(27)15-17)19-8-11-21(12-9-19)30-16-20-10-14-23(26(29)25(20)28)18-5-3-2-4-6-18/h7,10,13-15,18-19,21H,2-6,8-9,11-12,16H2,1H3. The maximum absolute atomic E-state index is 14.7. The molecule has 0 unspecified atom stereocenters. The molecule has 2 aromatic rings.